The summed E-state index contributed by atoms with van der Waals surface area (Å²) in [5.74, 6) is 0.888. The third-order valence-corrected chi connectivity index (χ3v) is 4.87. The van der Waals surface area contributed by atoms with E-state index in [1.807, 2.05) is 12.3 Å². The Morgan fingerprint density at radius 3 is 2.80 bits per heavy atom. The fraction of sp³-hybridized carbons (Fsp3) is 0.500. The molecular formula is C18H24N2. The summed E-state index contributed by atoms with van der Waals surface area (Å²) in [6.07, 6.45) is 9.27. The molecule has 1 aromatic heterocycles. The van der Waals surface area contributed by atoms with Crippen LogP contribution in [-0.4, -0.2) is 4.98 Å². The van der Waals surface area contributed by atoms with Crippen LogP contribution in [0.1, 0.15) is 51.0 Å². The normalized spacial score (nSPS) is 26.8. The van der Waals surface area contributed by atoms with Crippen molar-refractivity contribution in [2.24, 2.45) is 11.7 Å². The highest BCUT2D eigenvalue weighted by Crippen LogP contribution is 2.39. The van der Waals surface area contributed by atoms with Crippen LogP contribution in [0.25, 0.3) is 10.9 Å². The fourth-order valence-corrected chi connectivity index (χ4v) is 3.56. The van der Waals surface area contributed by atoms with Gasteiger partial charge in [0.15, 0.2) is 0 Å². The van der Waals surface area contributed by atoms with Crippen molar-refractivity contribution in [3.8, 4) is 0 Å². The summed E-state index contributed by atoms with van der Waals surface area (Å²) in [6, 6.07) is 10.6. The Balaban J connectivity index is 1.83. The lowest BCUT2D eigenvalue weighted by Gasteiger charge is -2.37. The summed E-state index contributed by atoms with van der Waals surface area (Å²) >= 11 is 0. The van der Waals surface area contributed by atoms with E-state index < -0.39 is 0 Å². The summed E-state index contributed by atoms with van der Waals surface area (Å²) in [5.41, 5.74) is 8.92. The van der Waals surface area contributed by atoms with E-state index in [9.17, 15) is 0 Å². The Morgan fingerprint density at radius 2 is 2.05 bits per heavy atom. The maximum Gasteiger partial charge on any atom is 0.0702 e. The van der Waals surface area contributed by atoms with Crippen molar-refractivity contribution in [1.82, 2.24) is 4.98 Å². The second kappa shape index (κ2) is 5.53. The Bertz CT molecular complexity index is 583. The van der Waals surface area contributed by atoms with Crippen molar-refractivity contribution in [2.45, 2.75) is 51.0 Å². The van der Waals surface area contributed by atoms with E-state index >= 15 is 0 Å². The van der Waals surface area contributed by atoms with Gasteiger partial charge in [0.25, 0.3) is 0 Å². The van der Waals surface area contributed by atoms with Crippen molar-refractivity contribution in [3.05, 3.63) is 42.1 Å². The highest BCUT2D eigenvalue weighted by Gasteiger charge is 2.32. The minimum Gasteiger partial charge on any atom is -0.321 e. The van der Waals surface area contributed by atoms with Gasteiger partial charge < -0.3 is 5.73 Å². The molecule has 2 nitrogen and oxygen atoms in total. The van der Waals surface area contributed by atoms with Gasteiger partial charge >= 0.3 is 0 Å². The van der Waals surface area contributed by atoms with Crippen molar-refractivity contribution in [2.75, 3.05) is 0 Å². The zero-order valence-electron chi connectivity index (χ0n) is 12.3. The highest BCUT2D eigenvalue weighted by molar-refractivity contribution is 5.79. The molecule has 0 bridgehead atoms. The SMILES string of the molecule is CCCC1CCC(N)(c2ccc3ncccc3c2)CC1. The van der Waals surface area contributed by atoms with E-state index in [1.54, 1.807) is 0 Å². The Hall–Kier alpha value is -1.41. The second-order valence-corrected chi connectivity index (χ2v) is 6.30. The number of aromatic nitrogens is 1. The van der Waals surface area contributed by atoms with E-state index in [0.717, 1.165) is 24.3 Å². The summed E-state index contributed by atoms with van der Waals surface area (Å²) in [4.78, 5) is 4.39. The second-order valence-electron chi connectivity index (χ2n) is 6.30. The molecule has 0 radical (unpaired) electrons. The number of hydrogen-bond donors (Lipinski definition) is 1. The van der Waals surface area contributed by atoms with Crippen LogP contribution in [0.15, 0.2) is 36.5 Å². The zero-order chi connectivity index (χ0) is 14.0. The molecule has 0 aliphatic heterocycles. The molecule has 1 fully saturated rings. The maximum absolute atomic E-state index is 6.71. The monoisotopic (exact) mass is 268 g/mol. The third kappa shape index (κ3) is 2.57. The fourth-order valence-electron chi connectivity index (χ4n) is 3.56. The average molecular weight is 268 g/mol. The van der Waals surface area contributed by atoms with Gasteiger partial charge in [-0.2, -0.15) is 0 Å². The molecular weight excluding hydrogens is 244 g/mol. The van der Waals surface area contributed by atoms with Gasteiger partial charge in [-0.25, -0.2) is 0 Å². The van der Waals surface area contributed by atoms with Crippen LogP contribution in [0.3, 0.4) is 0 Å². The molecule has 1 aliphatic rings. The average Bonchev–Trinajstić information content (AvgIpc) is 2.49. The molecule has 1 saturated carbocycles. The van der Waals surface area contributed by atoms with E-state index in [-0.39, 0.29) is 5.54 Å². The first-order chi connectivity index (χ1) is 9.71. The first kappa shape index (κ1) is 13.6. The quantitative estimate of drug-likeness (QED) is 0.897. The molecule has 1 aromatic carbocycles. The molecule has 106 valence electrons. The van der Waals surface area contributed by atoms with Crippen LogP contribution in [0.4, 0.5) is 0 Å². The number of nitrogens with two attached hydrogens (primary N) is 1. The summed E-state index contributed by atoms with van der Waals surface area (Å²) in [5, 5.41) is 1.20. The van der Waals surface area contributed by atoms with Gasteiger partial charge in [0.2, 0.25) is 0 Å². The number of hydrogen-bond acceptors (Lipinski definition) is 2. The molecule has 1 aliphatic carbocycles. The third-order valence-electron chi connectivity index (χ3n) is 4.87. The molecule has 2 heteroatoms. The molecule has 0 amide bonds. The largest absolute Gasteiger partial charge is 0.321 e. The summed E-state index contributed by atoms with van der Waals surface area (Å²) in [6.45, 7) is 2.28. The van der Waals surface area contributed by atoms with Gasteiger partial charge in [-0.05, 0) is 55.4 Å². The van der Waals surface area contributed by atoms with Gasteiger partial charge in [0.1, 0.15) is 0 Å². The van der Waals surface area contributed by atoms with Gasteiger partial charge in [-0.3, -0.25) is 4.98 Å². The molecule has 2 aromatic rings. The summed E-state index contributed by atoms with van der Waals surface area (Å²) < 4.78 is 0. The van der Waals surface area contributed by atoms with Crippen LogP contribution in [0.5, 0.6) is 0 Å². The van der Waals surface area contributed by atoms with E-state index in [2.05, 4.69) is 36.2 Å². The van der Waals surface area contributed by atoms with Crippen LogP contribution in [-0.2, 0) is 5.54 Å². The van der Waals surface area contributed by atoms with Gasteiger partial charge in [-0.1, -0.05) is 31.9 Å². The van der Waals surface area contributed by atoms with Crippen molar-refractivity contribution in [3.63, 3.8) is 0 Å². The zero-order valence-corrected chi connectivity index (χ0v) is 12.3. The van der Waals surface area contributed by atoms with E-state index in [4.69, 9.17) is 5.73 Å². The molecule has 2 N–H and O–H groups in total. The van der Waals surface area contributed by atoms with Crippen molar-refractivity contribution < 1.29 is 0 Å². The smallest absolute Gasteiger partial charge is 0.0702 e. The molecule has 0 atom stereocenters. The standard InChI is InChI=1S/C18H24N2/c1-2-4-14-8-10-18(19,11-9-14)16-6-7-17-15(13-16)5-3-12-20-17/h3,5-7,12-14H,2,4,8-11,19H2,1H3. The minimum atomic E-state index is -0.131. The van der Waals surface area contributed by atoms with Crippen LogP contribution >= 0.6 is 0 Å². The van der Waals surface area contributed by atoms with Gasteiger partial charge in [-0.15, -0.1) is 0 Å². The highest BCUT2D eigenvalue weighted by atomic mass is 14.7. The first-order valence-electron chi connectivity index (χ1n) is 7.85. The van der Waals surface area contributed by atoms with Gasteiger partial charge in [0, 0.05) is 17.1 Å². The van der Waals surface area contributed by atoms with Gasteiger partial charge in [0.05, 0.1) is 5.52 Å². The number of fused-ring (bicyclic) bond motifs is 1. The number of benzene rings is 1. The lowest BCUT2D eigenvalue weighted by molar-refractivity contribution is 0.226. The Kier molecular flexibility index (Phi) is 3.75. The van der Waals surface area contributed by atoms with Crippen LogP contribution in [0.2, 0.25) is 0 Å². The molecule has 0 unspecified atom stereocenters. The molecule has 3 rings (SSSR count). The summed E-state index contributed by atoms with van der Waals surface area (Å²) in [7, 11) is 0. The number of nitrogens with zero attached hydrogens (tertiary/aromatic N) is 1. The molecule has 20 heavy (non-hydrogen) atoms. The van der Waals surface area contributed by atoms with Crippen molar-refractivity contribution in [1.29, 1.82) is 0 Å². The lowest BCUT2D eigenvalue weighted by Crippen LogP contribution is -2.40. The number of pyridine rings is 1. The number of rotatable bonds is 3. The topological polar surface area (TPSA) is 38.9 Å². The van der Waals surface area contributed by atoms with Crippen molar-refractivity contribution >= 4 is 10.9 Å². The lowest BCUT2D eigenvalue weighted by atomic mass is 9.72. The minimum absolute atomic E-state index is 0.131. The van der Waals surface area contributed by atoms with Crippen LogP contribution in [0, 0.1) is 5.92 Å². The van der Waals surface area contributed by atoms with E-state index in [1.165, 1.54) is 36.6 Å². The molecule has 1 heterocycles. The first-order valence-corrected chi connectivity index (χ1v) is 7.85. The predicted octanol–water partition coefficient (Wildman–Crippen LogP) is 4.38. The predicted molar refractivity (Wildman–Crippen MR) is 84.5 cm³/mol. The van der Waals surface area contributed by atoms with E-state index in [0.29, 0.717) is 0 Å². The Morgan fingerprint density at radius 1 is 1.25 bits per heavy atom. The Labute approximate surface area is 121 Å². The maximum atomic E-state index is 6.71. The van der Waals surface area contributed by atoms with Crippen LogP contribution < -0.4 is 5.73 Å². The molecule has 0 spiro atoms. The molecule has 0 saturated heterocycles.